The van der Waals surface area contributed by atoms with Crippen molar-refractivity contribution in [3.8, 4) is 11.6 Å². The second-order valence-corrected chi connectivity index (χ2v) is 6.12. The molecule has 2 aromatic rings. The van der Waals surface area contributed by atoms with E-state index < -0.39 is 11.7 Å². The Morgan fingerprint density at radius 1 is 1.17 bits per heavy atom. The van der Waals surface area contributed by atoms with Crippen molar-refractivity contribution < 1.29 is 17.9 Å². The summed E-state index contributed by atoms with van der Waals surface area (Å²) in [5.74, 6) is -0.358. The van der Waals surface area contributed by atoms with Crippen molar-refractivity contribution in [2.75, 3.05) is 6.61 Å². The molecule has 132 valence electrons. The maximum absolute atomic E-state index is 13.2. The molecule has 1 aromatic heterocycles. The summed E-state index contributed by atoms with van der Waals surface area (Å²) in [7, 11) is 0. The molecule has 0 aliphatic rings. The van der Waals surface area contributed by atoms with Crippen LogP contribution in [0.1, 0.15) is 38.2 Å². The standard InChI is InChI=1S/C16H17Cl2F3N2O/c1-2-3-4-5-8-24-15-12(16(19,20)21)10-22-23(15)14-7-6-11(17)9-13(14)18/h6-7,9-10H,2-5,8H2,1H3. The van der Waals surface area contributed by atoms with Gasteiger partial charge in [-0.2, -0.15) is 23.0 Å². The van der Waals surface area contributed by atoms with Crippen molar-refractivity contribution in [1.29, 1.82) is 0 Å². The van der Waals surface area contributed by atoms with Crippen molar-refractivity contribution in [2.24, 2.45) is 0 Å². The normalized spacial score (nSPS) is 11.8. The second kappa shape index (κ2) is 8.12. The predicted octanol–water partition coefficient (Wildman–Crippen LogP) is 6.16. The minimum absolute atomic E-state index is 0.181. The number of unbranched alkanes of at least 4 members (excludes halogenated alkanes) is 3. The minimum Gasteiger partial charge on any atom is -0.477 e. The number of rotatable bonds is 7. The molecule has 0 fully saturated rings. The number of nitrogens with zero attached hydrogens (tertiary/aromatic N) is 2. The van der Waals surface area contributed by atoms with Gasteiger partial charge in [-0.05, 0) is 24.6 Å². The highest BCUT2D eigenvalue weighted by Gasteiger charge is 2.38. The first-order valence-electron chi connectivity index (χ1n) is 7.58. The number of halogens is 5. The zero-order valence-corrected chi connectivity index (χ0v) is 14.5. The molecule has 1 aromatic carbocycles. The molecule has 0 bridgehead atoms. The third kappa shape index (κ3) is 4.57. The Morgan fingerprint density at radius 2 is 1.92 bits per heavy atom. The maximum Gasteiger partial charge on any atom is 0.423 e. The molecule has 0 saturated carbocycles. The minimum atomic E-state index is -4.56. The van der Waals surface area contributed by atoms with E-state index in [9.17, 15) is 13.2 Å². The molecule has 8 heteroatoms. The SMILES string of the molecule is CCCCCCOc1c(C(F)(F)F)cnn1-c1ccc(Cl)cc1Cl. The van der Waals surface area contributed by atoms with E-state index in [1.54, 1.807) is 0 Å². The van der Waals surface area contributed by atoms with Crippen LogP contribution in [0.3, 0.4) is 0 Å². The number of hydrogen-bond acceptors (Lipinski definition) is 2. The largest absolute Gasteiger partial charge is 0.477 e. The second-order valence-electron chi connectivity index (χ2n) is 5.28. The lowest BCUT2D eigenvalue weighted by molar-refractivity contribution is -0.139. The average Bonchev–Trinajstić information content (AvgIpc) is 2.91. The van der Waals surface area contributed by atoms with Crippen LogP contribution in [0, 0.1) is 0 Å². The lowest BCUT2D eigenvalue weighted by Gasteiger charge is -2.13. The van der Waals surface area contributed by atoms with E-state index in [1.165, 1.54) is 18.2 Å². The fraction of sp³-hybridized carbons (Fsp3) is 0.438. The van der Waals surface area contributed by atoms with Gasteiger partial charge in [-0.25, -0.2) is 0 Å². The molecular weight excluding hydrogens is 364 g/mol. The summed E-state index contributed by atoms with van der Waals surface area (Å²) >= 11 is 11.9. The molecule has 0 radical (unpaired) electrons. The van der Waals surface area contributed by atoms with Gasteiger partial charge in [0.15, 0.2) is 0 Å². The average molecular weight is 381 g/mol. The van der Waals surface area contributed by atoms with Crippen LogP contribution in [0.2, 0.25) is 10.0 Å². The van der Waals surface area contributed by atoms with Gasteiger partial charge < -0.3 is 4.74 Å². The highest BCUT2D eigenvalue weighted by atomic mass is 35.5. The molecule has 0 spiro atoms. The van der Waals surface area contributed by atoms with Gasteiger partial charge in [0.2, 0.25) is 5.88 Å². The van der Waals surface area contributed by atoms with Crippen LogP contribution in [0.5, 0.6) is 5.88 Å². The molecular formula is C16H17Cl2F3N2O. The fourth-order valence-corrected chi connectivity index (χ4v) is 2.68. The van der Waals surface area contributed by atoms with E-state index in [1.807, 2.05) is 0 Å². The zero-order valence-electron chi connectivity index (χ0n) is 13.0. The van der Waals surface area contributed by atoms with Crippen LogP contribution in [0.15, 0.2) is 24.4 Å². The number of alkyl halides is 3. The summed E-state index contributed by atoms with van der Waals surface area (Å²) in [4.78, 5) is 0. The number of aromatic nitrogens is 2. The first-order chi connectivity index (χ1) is 11.3. The van der Waals surface area contributed by atoms with Gasteiger partial charge in [0.1, 0.15) is 5.56 Å². The van der Waals surface area contributed by atoms with Crippen molar-refractivity contribution in [1.82, 2.24) is 9.78 Å². The molecule has 24 heavy (non-hydrogen) atoms. The summed E-state index contributed by atoms with van der Waals surface area (Å²) in [5, 5.41) is 4.38. The van der Waals surface area contributed by atoms with E-state index in [2.05, 4.69) is 12.0 Å². The lowest BCUT2D eigenvalue weighted by Crippen LogP contribution is -2.11. The third-order valence-electron chi connectivity index (χ3n) is 3.41. The van der Waals surface area contributed by atoms with Crippen LogP contribution < -0.4 is 4.74 Å². The fourth-order valence-electron chi connectivity index (χ4n) is 2.19. The quantitative estimate of drug-likeness (QED) is 0.538. The summed E-state index contributed by atoms with van der Waals surface area (Å²) in [6.07, 6.45) is -0.204. The first-order valence-corrected chi connectivity index (χ1v) is 8.33. The smallest absolute Gasteiger partial charge is 0.423 e. The Balaban J connectivity index is 2.32. The summed E-state index contributed by atoms with van der Waals surface area (Å²) in [5.41, 5.74) is -0.649. The van der Waals surface area contributed by atoms with Gasteiger partial charge in [0.05, 0.1) is 23.5 Å². The molecule has 1 heterocycles. The molecule has 0 aliphatic carbocycles. The van der Waals surface area contributed by atoms with E-state index in [0.29, 0.717) is 11.4 Å². The summed E-state index contributed by atoms with van der Waals surface area (Å²) < 4.78 is 46.0. The van der Waals surface area contributed by atoms with Crippen LogP contribution in [0.25, 0.3) is 5.69 Å². The molecule has 0 amide bonds. The van der Waals surface area contributed by atoms with Crippen LogP contribution in [-0.4, -0.2) is 16.4 Å². The summed E-state index contributed by atoms with van der Waals surface area (Å²) in [6.45, 7) is 2.24. The Bertz CT molecular complexity index is 686. The van der Waals surface area contributed by atoms with E-state index in [4.69, 9.17) is 27.9 Å². The number of benzene rings is 1. The van der Waals surface area contributed by atoms with Gasteiger partial charge in [-0.15, -0.1) is 0 Å². The van der Waals surface area contributed by atoms with Crippen molar-refractivity contribution in [3.05, 3.63) is 40.0 Å². The molecule has 0 unspecified atom stereocenters. The Kier molecular flexibility index (Phi) is 6.40. The predicted molar refractivity (Wildman–Crippen MR) is 88.2 cm³/mol. The maximum atomic E-state index is 13.2. The van der Waals surface area contributed by atoms with Gasteiger partial charge >= 0.3 is 6.18 Å². The third-order valence-corrected chi connectivity index (χ3v) is 3.94. The van der Waals surface area contributed by atoms with Crippen LogP contribution in [-0.2, 0) is 6.18 Å². The monoisotopic (exact) mass is 380 g/mol. The Labute approximate surface area is 148 Å². The number of hydrogen-bond donors (Lipinski definition) is 0. The summed E-state index contributed by atoms with van der Waals surface area (Å²) in [6, 6.07) is 4.48. The van der Waals surface area contributed by atoms with Crippen molar-refractivity contribution >= 4 is 23.2 Å². The molecule has 0 N–H and O–H groups in total. The van der Waals surface area contributed by atoms with Crippen LogP contribution >= 0.6 is 23.2 Å². The van der Waals surface area contributed by atoms with Gasteiger partial charge in [0.25, 0.3) is 0 Å². The first kappa shape index (κ1) is 18.9. The van der Waals surface area contributed by atoms with Crippen LogP contribution in [0.4, 0.5) is 13.2 Å². The van der Waals surface area contributed by atoms with Gasteiger partial charge in [-0.3, -0.25) is 0 Å². The number of ether oxygens (including phenoxy) is 1. The van der Waals surface area contributed by atoms with E-state index >= 15 is 0 Å². The molecule has 2 rings (SSSR count). The molecule has 0 atom stereocenters. The van der Waals surface area contributed by atoms with Crippen molar-refractivity contribution in [3.63, 3.8) is 0 Å². The highest BCUT2D eigenvalue weighted by molar-refractivity contribution is 6.35. The molecule has 3 nitrogen and oxygen atoms in total. The molecule has 0 aliphatic heterocycles. The van der Waals surface area contributed by atoms with Crippen molar-refractivity contribution in [2.45, 2.75) is 38.8 Å². The topological polar surface area (TPSA) is 27.1 Å². The highest BCUT2D eigenvalue weighted by Crippen LogP contribution is 2.38. The Hall–Kier alpha value is -1.40. The molecule has 0 saturated heterocycles. The van der Waals surface area contributed by atoms with E-state index in [0.717, 1.165) is 30.1 Å². The Morgan fingerprint density at radius 3 is 2.54 bits per heavy atom. The lowest BCUT2D eigenvalue weighted by atomic mass is 10.2. The van der Waals surface area contributed by atoms with Gasteiger partial charge in [0, 0.05) is 5.02 Å². The van der Waals surface area contributed by atoms with Gasteiger partial charge in [-0.1, -0.05) is 49.4 Å². The zero-order chi connectivity index (χ0) is 17.7. The van der Waals surface area contributed by atoms with E-state index in [-0.39, 0.29) is 23.2 Å².